The zero-order valence-corrected chi connectivity index (χ0v) is 19.5. The number of carbonyl (C=O) groups is 1. The summed E-state index contributed by atoms with van der Waals surface area (Å²) < 4.78 is 23.6. The molecule has 3 aromatic rings. The number of ether oxygens (including phenoxy) is 3. The van der Waals surface area contributed by atoms with Gasteiger partial charge in [-0.1, -0.05) is 25.1 Å². The van der Waals surface area contributed by atoms with Gasteiger partial charge >= 0.3 is 0 Å². The monoisotopic (exact) mass is 463 g/mol. The van der Waals surface area contributed by atoms with Gasteiger partial charge in [0, 0.05) is 13.2 Å². The molecular formula is C27H29NO6. The molecule has 2 aliphatic rings. The normalized spacial score (nSPS) is 19.6. The van der Waals surface area contributed by atoms with E-state index in [2.05, 4.69) is 0 Å². The van der Waals surface area contributed by atoms with Crippen LogP contribution in [0.15, 0.2) is 51.7 Å². The molecule has 2 aromatic carbocycles. The second kappa shape index (κ2) is 9.50. The highest BCUT2D eigenvalue weighted by atomic mass is 16.5. The standard InChI is InChI=1S/C27H29NO6/c1-3-13-33-21-12-11-17(15-22(21)31-4-2)24-23-25(29)19-9-5-6-10-20(19)34-26(23)27(30)28(24)16-18-8-7-14-32-18/h5-6,9-12,15,18,24H,3-4,7-8,13-14,16H2,1-2H3/t18-,24+/m1/s1. The van der Waals surface area contributed by atoms with E-state index in [0.717, 1.165) is 24.8 Å². The van der Waals surface area contributed by atoms with Crippen LogP contribution in [0, 0.1) is 0 Å². The van der Waals surface area contributed by atoms with E-state index in [1.165, 1.54) is 0 Å². The van der Waals surface area contributed by atoms with E-state index in [0.29, 0.717) is 54.4 Å². The fourth-order valence-corrected chi connectivity index (χ4v) is 4.80. The number of benzene rings is 2. The molecule has 34 heavy (non-hydrogen) atoms. The van der Waals surface area contributed by atoms with Crippen molar-refractivity contribution in [3.63, 3.8) is 0 Å². The van der Waals surface area contributed by atoms with Crippen LogP contribution in [-0.2, 0) is 4.74 Å². The van der Waals surface area contributed by atoms with Crippen molar-refractivity contribution < 1.29 is 23.4 Å². The highest BCUT2D eigenvalue weighted by Gasteiger charge is 2.44. The molecule has 7 nitrogen and oxygen atoms in total. The second-order valence-electron chi connectivity index (χ2n) is 8.65. The number of amides is 1. The molecule has 1 fully saturated rings. The van der Waals surface area contributed by atoms with Gasteiger partial charge in [0.2, 0.25) is 5.76 Å². The van der Waals surface area contributed by atoms with E-state index in [1.807, 2.05) is 32.0 Å². The third-order valence-electron chi connectivity index (χ3n) is 6.34. The van der Waals surface area contributed by atoms with Gasteiger partial charge in [-0.2, -0.15) is 0 Å². The predicted molar refractivity (Wildman–Crippen MR) is 128 cm³/mol. The first-order chi connectivity index (χ1) is 16.6. The third-order valence-corrected chi connectivity index (χ3v) is 6.34. The summed E-state index contributed by atoms with van der Waals surface area (Å²) in [4.78, 5) is 28.9. The van der Waals surface area contributed by atoms with Crippen molar-refractivity contribution >= 4 is 16.9 Å². The summed E-state index contributed by atoms with van der Waals surface area (Å²) in [5.74, 6) is 1.06. The van der Waals surface area contributed by atoms with Gasteiger partial charge in [0.1, 0.15) is 5.58 Å². The first kappa shape index (κ1) is 22.5. The lowest BCUT2D eigenvalue weighted by molar-refractivity contribution is 0.0486. The summed E-state index contributed by atoms with van der Waals surface area (Å²) in [5.41, 5.74) is 1.37. The molecule has 5 rings (SSSR count). The number of carbonyl (C=O) groups excluding carboxylic acids is 1. The summed E-state index contributed by atoms with van der Waals surface area (Å²) in [6.07, 6.45) is 2.65. The quantitative estimate of drug-likeness (QED) is 0.482. The summed E-state index contributed by atoms with van der Waals surface area (Å²) in [5, 5.41) is 0.464. The molecule has 2 atom stereocenters. The Morgan fingerprint density at radius 1 is 1.06 bits per heavy atom. The summed E-state index contributed by atoms with van der Waals surface area (Å²) in [6, 6.07) is 12.1. The summed E-state index contributed by atoms with van der Waals surface area (Å²) in [6.45, 7) is 6.08. The molecule has 0 bridgehead atoms. The van der Waals surface area contributed by atoms with Crippen molar-refractivity contribution in [3.05, 3.63) is 69.6 Å². The van der Waals surface area contributed by atoms with Crippen LogP contribution in [0.5, 0.6) is 11.5 Å². The smallest absolute Gasteiger partial charge is 0.291 e. The van der Waals surface area contributed by atoms with Crippen LogP contribution in [0.2, 0.25) is 0 Å². The van der Waals surface area contributed by atoms with Crippen molar-refractivity contribution in [3.8, 4) is 11.5 Å². The SMILES string of the molecule is CCCOc1ccc([C@H]2c3c(oc4ccccc4c3=O)C(=O)N2C[C@H]2CCCO2)cc1OCC. The first-order valence-electron chi connectivity index (χ1n) is 12.0. The van der Waals surface area contributed by atoms with Gasteiger partial charge in [0.05, 0.1) is 36.3 Å². The highest BCUT2D eigenvalue weighted by molar-refractivity contribution is 5.99. The Morgan fingerprint density at radius 2 is 1.91 bits per heavy atom. The number of nitrogens with zero attached hydrogens (tertiary/aromatic N) is 1. The van der Waals surface area contributed by atoms with Crippen molar-refractivity contribution in [2.24, 2.45) is 0 Å². The molecule has 1 saturated heterocycles. The lowest BCUT2D eigenvalue weighted by Crippen LogP contribution is -2.36. The van der Waals surface area contributed by atoms with Crippen LogP contribution in [0.4, 0.5) is 0 Å². The molecule has 3 heterocycles. The molecule has 0 N–H and O–H groups in total. The molecule has 1 aromatic heterocycles. The lowest BCUT2D eigenvalue weighted by Gasteiger charge is -2.28. The Hall–Kier alpha value is -3.32. The van der Waals surface area contributed by atoms with Gasteiger partial charge in [0.25, 0.3) is 5.91 Å². The average molecular weight is 464 g/mol. The molecular weight excluding hydrogens is 434 g/mol. The maximum Gasteiger partial charge on any atom is 0.291 e. The second-order valence-corrected chi connectivity index (χ2v) is 8.65. The van der Waals surface area contributed by atoms with Gasteiger partial charge in [-0.05, 0) is 56.0 Å². The van der Waals surface area contributed by atoms with Gasteiger partial charge in [0.15, 0.2) is 16.9 Å². The van der Waals surface area contributed by atoms with Crippen LogP contribution in [0.25, 0.3) is 11.0 Å². The minimum Gasteiger partial charge on any atom is -0.490 e. The summed E-state index contributed by atoms with van der Waals surface area (Å²) in [7, 11) is 0. The fraction of sp³-hybridized carbons (Fsp3) is 0.407. The average Bonchev–Trinajstić information content (AvgIpc) is 3.46. The predicted octanol–water partition coefficient (Wildman–Crippen LogP) is 4.70. The molecule has 0 unspecified atom stereocenters. The zero-order chi connectivity index (χ0) is 23.7. The molecule has 0 radical (unpaired) electrons. The Balaban J connectivity index is 1.65. The molecule has 178 valence electrons. The van der Waals surface area contributed by atoms with Crippen molar-refractivity contribution in [1.29, 1.82) is 0 Å². The lowest BCUT2D eigenvalue weighted by atomic mass is 9.97. The van der Waals surface area contributed by atoms with E-state index in [1.54, 1.807) is 29.2 Å². The van der Waals surface area contributed by atoms with E-state index in [4.69, 9.17) is 18.6 Å². The maximum atomic E-state index is 13.6. The molecule has 0 spiro atoms. The molecule has 0 aliphatic carbocycles. The van der Waals surface area contributed by atoms with Gasteiger partial charge < -0.3 is 23.5 Å². The van der Waals surface area contributed by atoms with E-state index < -0.39 is 6.04 Å². The van der Waals surface area contributed by atoms with Crippen LogP contribution < -0.4 is 14.9 Å². The molecule has 0 saturated carbocycles. The summed E-state index contributed by atoms with van der Waals surface area (Å²) >= 11 is 0. The van der Waals surface area contributed by atoms with E-state index in [9.17, 15) is 9.59 Å². The van der Waals surface area contributed by atoms with Crippen LogP contribution >= 0.6 is 0 Å². The molecule has 1 amide bonds. The Bertz CT molecular complexity index is 1260. The Morgan fingerprint density at radius 3 is 2.68 bits per heavy atom. The number of para-hydroxylation sites is 1. The number of rotatable bonds is 8. The zero-order valence-electron chi connectivity index (χ0n) is 19.5. The van der Waals surface area contributed by atoms with Gasteiger partial charge in [-0.25, -0.2) is 0 Å². The number of fused-ring (bicyclic) bond motifs is 2. The third kappa shape index (κ3) is 3.94. The van der Waals surface area contributed by atoms with E-state index >= 15 is 0 Å². The van der Waals surface area contributed by atoms with E-state index in [-0.39, 0.29) is 23.2 Å². The van der Waals surface area contributed by atoms with Gasteiger partial charge in [-0.15, -0.1) is 0 Å². The van der Waals surface area contributed by atoms with Crippen LogP contribution in [0.1, 0.15) is 60.8 Å². The number of hydrogen-bond donors (Lipinski definition) is 0. The Labute approximate surface area is 198 Å². The van der Waals surface area contributed by atoms with Crippen molar-refractivity contribution in [2.75, 3.05) is 26.4 Å². The minimum absolute atomic E-state index is 0.0659. The highest BCUT2D eigenvalue weighted by Crippen LogP contribution is 2.41. The fourth-order valence-electron chi connectivity index (χ4n) is 4.80. The van der Waals surface area contributed by atoms with Crippen LogP contribution in [-0.4, -0.2) is 43.3 Å². The van der Waals surface area contributed by atoms with Gasteiger partial charge in [-0.3, -0.25) is 9.59 Å². The molecule has 2 aliphatic heterocycles. The van der Waals surface area contributed by atoms with Crippen molar-refractivity contribution in [2.45, 2.75) is 45.3 Å². The van der Waals surface area contributed by atoms with Crippen LogP contribution in [0.3, 0.4) is 0 Å². The Kier molecular flexibility index (Phi) is 6.28. The largest absolute Gasteiger partial charge is 0.490 e. The maximum absolute atomic E-state index is 13.6. The first-order valence-corrected chi connectivity index (χ1v) is 12.0. The number of hydrogen-bond acceptors (Lipinski definition) is 6. The topological polar surface area (TPSA) is 78.2 Å². The molecule has 7 heteroatoms. The van der Waals surface area contributed by atoms with Crippen molar-refractivity contribution in [1.82, 2.24) is 4.90 Å². The minimum atomic E-state index is -0.591.